The zero-order valence-corrected chi connectivity index (χ0v) is 39.3. The molecule has 0 bridgehead atoms. The SMILES string of the molecule is C/C(=N\NC(=O)Nc1cc(F)cc(F)c1)c1ncccc1C(=O)O.CCOC(=O)C(C)OC(=O)c1cc(Oc2ccc(C(F)(F)F)cc2Cl)ccc1[N+](=O)[O-].C[S+](C)C.O=C(O)CNCP(=O)([O-])O. The van der Waals surface area contributed by atoms with Gasteiger partial charge < -0.3 is 44.1 Å². The molecule has 69 heavy (non-hydrogen) atoms. The fourth-order valence-corrected chi connectivity index (χ4v) is 5.08. The number of carboxylic acid groups (broad SMARTS) is 2. The van der Waals surface area contributed by atoms with Crippen molar-refractivity contribution in [2.75, 3.05) is 43.5 Å². The van der Waals surface area contributed by atoms with E-state index in [0.29, 0.717) is 23.0 Å². The van der Waals surface area contributed by atoms with Crippen LogP contribution in [0, 0.1) is 21.7 Å². The number of nitro benzene ring substituents is 1. The number of carboxylic acids is 2. The van der Waals surface area contributed by atoms with Crippen molar-refractivity contribution >= 4 is 77.1 Å². The van der Waals surface area contributed by atoms with Crippen molar-refractivity contribution in [1.29, 1.82) is 0 Å². The predicted molar refractivity (Wildman–Crippen MR) is 239 cm³/mol. The maximum Gasteiger partial charge on any atom is 0.416 e. The van der Waals surface area contributed by atoms with Gasteiger partial charge in [-0.25, -0.2) is 33.4 Å². The lowest BCUT2D eigenvalue weighted by Gasteiger charge is -2.14. The normalized spacial score (nSPS) is 12.1. The first-order valence-corrected chi connectivity index (χ1v) is 23.5. The molecule has 376 valence electrons. The molecule has 21 nitrogen and oxygen atoms in total. The summed E-state index contributed by atoms with van der Waals surface area (Å²) in [5, 5.41) is 35.8. The van der Waals surface area contributed by atoms with Gasteiger partial charge in [0.2, 0.25) is 0 Å². The molecule has 0 aliphatic rings. The highest BCUT2D eigenvalue weighted by Crippen LogP contribution is 2.37. The number of aliphatic carboxylic acids is 1. The van der Waals surface area contributed by atoms with Crippen LogP contribution in [0.4, 0.5) is 38.1 Å². The van der Waals surface area contributed by atoms with Gasteiger partial charge in [-0.05, 0) is 80.2 Å². The van der Waals surface area contributed by atoms with Crippen LogP contribution in [0.5, 0.6) is 11.5 Å². The number of hydrogen-bond acceptors (Lipinski definition) is 15. The van der Waals surface area contributed by atoms with E-state index in [1.807, 2.05) is 5.32 Å². The Bertz CT molecular complexity index is 2510. The number of carbonyl (C=O) groups is 5. The molecule has 2 amide bonds. The number of nitrogens with one attached hydrogen (secondary N) is 3. The number of hydrogen-bond donors (Lipinski definition) is 6. The minimum Gasteiger partial charge on any atom is -0.778 e. The molecule has 1 aromatic heterocycles. The van der Waals surface area contributed by atoms with Crippen LogP contribution in [0.25, 0.3) is 0 Å². The molecule has 0 aliphatic carbocycles. The number of alkyl halides is 3. The van der Waals surface area contributed by atoms with Gasteiger partial charge in [-0.2, -0.15) is 18.3 Å². The van der Waals surface area contributed by atoms with Crippen molar-refractivity contribution in [2.24, 2.45) is 5.10 Å². The average molecular weight is 1040 g/mol. The Morgan fingerprint density at radius 3 is 2.10 bits per heavy atom. The van der Waals surface area contributed by atoms with E-state index in [1.54, 1.807) is 6.92 Å². The number of pyridine rings is 1. The second-order valence-corrected chi connectivity index (χ2v) is 17.9. The standard InChI is InChI=1S/C19H15ClF3NO7.C15H12F2N4O3.C3H8NO5P.C3H9S/c1-3-29-17(25)10(2)30-18(26)13-9-12(5-6-15(13)24(27)28)31-16-7-4-11(8-14(16)20)19(21,22)23;1-8(13-12(14(22)23)3-2-4-18-13)20-21-15(24)19-11-6-9(16)5-10(17)7-11;5-3(6)1-4-2-10(7,8)9;1-4(2)3/h4-10H,3H2,1-2H3;2-7H,1H3,(H,22,23)(H2,19,21,24);4H,1-2H2,(H,5,6)(H2,7,8,9);1-3H3/q;;;+1/p-1/b;20-8+;;. The number of aromatic nitrogens is 1. The summed E-state index contributed by atoms with van der Waals surface area (Å²) in [6.07, 6.45) is 1.32. The summed E-state index contributed by atoms with van der Waals surface area (Å²) in [6, 6.07) is 9.85. The van der Waals surface area contributed by atoms with Crippen molar-refractivity contribution < 1.29 is 89.6 Å². The topological polar surface area (TPSA) is 318 Å². The zero-order valence-electron chi connectivity index (χ0n) is 36.8. The monoisotopic (exact) mass is 1040 g/mol. The first-order valence-electron chi connectivity index (χ1n) is 18.9. The first-order chi connectivity index (χ1) is 31.9. The number of amides is 2. The molecular weight excluding hydrogens is 998 g/mol. The minimum atomic E-state index is -4.61. The Morgan fingerprint density at radius 2 is 1.59 bits per heavy atom. The molecule has 0 saturated carbocycles. The number of esters is 2. The van der Waals surface area contributed by atoms with Gasteiger partial charge in [0.05, 0.1) is 65.0 Å². The number of halogens is 6. The molecule has 2 atom stereocenters. The summed E-state index contributed by atoms with van der Waals surface area (Å²) < 4.78 is 89.2. The van der Waals surface area contributed by atoms with E-state index in [4.69, 9.17) is 40.9 Å². The highest BCUT2D eigenvalue weighted by atomic mass is 35.5. The highest BCUT2D eigenvalue weighted by Gasteiger charge is 2.31. The molecule has 1 heterocycles. The van der Waals surface area contributed by atoms with Gasteiger partial charge in [-0.3, -0.25) is 25.2 Å². The quantitative estimate of drug-likeness (QED) is 0.0142. The lowest BCUT2D eigenvalue weighted by molar-refractivity contribution is -0.385. The van der Waals surface area contributed by atoms with Gasteiger partial charge in [0, 0.05) is 30.1 Å². The molecule has 2 unspecified atom stereocenters. The third-order valence-corrected chi connectivity index (χ3v) is 8.11. The molecule has 0 fully saturated rings. The van der Waals surface area contributed by atoms with Crippen LogP contribution in [-0.2, 0) is 40.7 Å². The molecule has 4 rings (SSSR count). The highest BCUT2D eigenvalue weighted by molar-refractivity contribution is 7.94. The second-order valence-electron chi connectivity index (χ2n) is 13.4. The number of ether oxygens (including phenoxy) is 3. The maximum atomic E-state index is 13.0. The fourth-order valence-electron chi connectivity index (χ4n) is 4.46. The van der Waals surface area contributed by atoms with Crippen LogP contribution in [0.3, 0.4) is 0 Å². The number of urea groups is 1. The predicted octanol–water partition coefficient (Wildman–Crippen LogP) is 6.43. The molecule has 0 radical (unpaired) electrons. The van der Waals surface area contributed by atoms with Gasteiger partial charge in [0.25, 0.3) is 5.69 Å². The van der Waals surface area contributed by atoms with Gasteiger partial charge in [-0.15, -0.1) is 0 Å². The number of anilines is 1. The Labute approximate surface area is 396 Å². The smallest absolute Gasteiger partial charge is 0.416 e. The average Bonchev–Trinajstić information content (AvgIpc) is 3.22. The van der Waals surface area contributed by atoms with E-state index >= 15 is 0 Å². The van der Waals surface area contributed by atoms with E-state index in [0.717, 1.165) is 42.5 Å². The van der Waals surface area contributed by atoms with Crippen LogP contribution < -0.4 is 25.7 Å². The summed E-state index contributed by atoms with van der Waals surface area (Å²) in [4.78, 5) is 88.8. The molecule has 3 aromatic carbocycles. The van der Waals surface area contributed by atoms with Crippen LogP contribution in [0.15, 0.2) is 78.0 Å². The van der Waals surface area contributed by atoms with Gasteiger partial charge in [0.15, 0.2) is 6.10 Å². The fraction of sp³-hybridized carbons (Fsp3) is 0.275. The van der Waals surface area contributed by atoms with E-state index in [9.17, 15) is 65.5 Å². The zero-order chi connectivity index (χ0) is 52.8. The summed E-state index contributed by atoms with van der Waals surface area (Å²) in [5.74, 6) is -6.40. The Kier molecular flexibility index (Phi) is 24.9. The molecule has 29 heteroatoms. The lowest BCUT2D eigenvalue weighted by atomic mass is 10.1. The number of rotatable bonds is 15. The molecule has 0 spiro atoms. The molecule has 0 saturated heterocycles. The van der Waals surface area contributed by atoms with Crippen LogP contribution in [0.1, 0.15) is 52.7 Å². The van der Waals surface area contributed by atoms with E-state index in [-0.39, 0.29) is 45.8 Å². The molecule has 6 N–H and O–H groups in total. The number of aromatic carboxylic acids is 1. The summed E-state index contributed by atoms with van der Waals surface area (Å²) in [5.41, 5.74) is -0.0118. The van der Waals surface area contributed by atoms with Crippen LogP contribution in [-0.4, -0.2) is 105 Å². The number of carbonyl (C=O) groups excluding carboxylic acids is 3. The van der Waals surface area contributed by atoms with Crippen molar-refractivity contribution in [1.82, 2.24) is 15.7 Å². The van der Waals surface area contributed by atoms with Crippen molar-refractivity contribution in [3.05, 3.63) is 122 Å². The third kappa shape index (κ3) is 23.7. The van der Waals surface area contributed by atoms with Crippen molar-refractivity contribution in [3.8, 4) is 11.5 Å². The van der Waals surface area contributed by atoms with Gasteiger partial charge >= 0.3 is 36.1 Å². The summed E-state index contributed by atoms with van der Waals surface area (Å²) in [6.45, 7) is 3.79. The van der Waals surface area contributed by atoms with E-state index in [2.05, 4.69) is 39.6 Å². The van der Waals surface area contributed by atoms with Gasteiger partial charge in [-0.1, -0.05) is 11.6 Å². The van der Waals surface area contributed by atoms with E-state index in [1.165, 1.54) is 32.2 Å². The Morgan fingerprint density at radius 1 is 0.986 bits per heavy atom. The number of nitrogens with zero attached hydrogens (tertiary/aromatic N) is 3. The summed E-state index contributed by atoms with van der Waals surface area (Å²) >= 11 is 5.83. The summed E-state index contributed by atoms with van der Waals surface area (Å²) in [7, 11) is -3.71. The number of hydrazone groups is 1. The van der Waals surface area contributed by atoms with Crippen molar-refractivity contribution in [2.45, 2.75) is 33.1 Å². The van der Waals surface area contributed by atoms with Gasteiger partial charge in [0.1, 0.15) is 42.0 Å². The largest absolute Gasteiger partial charge is 0.778 e. The number of nitro groups is 1. The molecular formula is C40H43ClF5N6O15PS. The van der Waals surface area contributed by atoms with Crippen molar-refractivity contribution in [3.63, 3.8) is 0 Å². The third-order valence-electron chi connectivity index (χ3n) is 7.19. The van der Waals surface area contributed by atoms with Crippen LogP contribution in [0.2, 0.25) is 5.02 Å². The molecule has 4 aromatic rings. The first kappa shape index (κ1) is 60.2. The number of benzene rings is 3. The Hall–Kier alpha value is -6.77. The molecule has 0 aliphatic heterocycles. The van der Waals surface area contributed by atoms with E-state index < -0.39 is 96.0 Å². The maximum absolute atomic E-state index is 13.0. The second kappa shape index (κ2) is 28.5. The lowest BCUT2D eigenvalue weighted by Crippen LogP contribution is -2.26. The minimum absolute atomic E-state index is 0.0398. The Balaban J connectivity index is 0.000000551. The van der Waals surface area contributed by atoms with Crippen LogP contribution >= 0.6 is 19.2 Å².